The first-order valence-corrected chi connectivity index (χ1v) is 10.4. The quantitative estimate of drug-likeness (QED) is 0.339. The van der Waals surface area contributed by atoms with Crippen LogP contribution in [0.1, 0.15) is 30.0 Å². The lowest BCUT2D eigenvalue weighted by Crippen LogP contribution is -2.31. The van der Waals surface area contributed by atoms with Crippen molar-refractivity contribution in [3.8, 4) is 5.75 Å². The Bertz CT molecular complexity index is 984. The molecule has 1 N–H and O–H groups in total. The smallest absolute Gasteiger partial charge is 0.416 e. The number of amides is 1. The minimum atomic E-state index is -4.36. The molecule has 1 amide bonds. The first kappa shape index (κ1) is 24.3. The second-order valence-electron chi connectivity index (χ2n) is 7.42. The fourth-order valence-corrected chi connectivity index (χ4v) is 2.98. The minimum absolute atomic E-state index is 0.0513. The van der Waals surface area contributed by atoms with Crippen molar-refractivity contribution in [3.05, 3.63) is 76.9 Å². The Morgan fingerprint density at radius 1 is 1.12 bits per heavy atom. The van der Waals surface area contributed by atoms with Gasteiger partial charge in [0.2, 0.25) is 0 Å². The third kappa shape index (κ3) is 7.94. The molecule has 33 heavy (non-hydrogen) atoms. The van der Waals surface area contributed by atoms with Gasteiger partial charge in [-0.2, -0.15) is 13.2 Å². The van der Waals surface area contributed by atoms with Gasteiger partial charge in [-0.3, -0.25) is 4.79 Å². The number of hydrogen-bond donors (Lipinski definition) is 1. The third-order valence-corrected chi connectivity index (χ3v) is 4.93. The maximum atomic E-state index is 12.6. The summed E-state index contributed by atoms with van der Waals surface area (Å²) in [5.41, 5.74) is 2.40. The lowest BCUT2D eigenvalue weighted by atomic mass is 10.1. The topological polar surface area (TPSA) is 69.2 Å². The van der Waals surface area contributed by atoms with Crippen LogP contribution in [0.4, 0.5) is 13.2 Å². The first-order valence-electron chi connectivity index (χ1n) is 10.4. The average molecular weight is 462 g/mol. The molecule has 0 atom stereocenters. The highest BCUT2D eigenvalue weighted by Gasteiger charge is 2.29. The Morgan fingerprint density at radius 3 is 2.48 bits per heavy atom. The SMILES string of the molecule is CC(=NOCc1ccc(C(F)(F)F)cc1)c1ccc(OCC(=O)NCC2=CCOCC2)cc1. The van der Waals surface area contributed by atoms with Gasteiger partial charge in [-0.25, -0.2) is 0 Å². The standard InChI is InChI=1S/C24H25F3N2O4/c1-17(29-33-15-19-2-6-21(7-3-19)24(25,26)27)20-4-8-22(9-5-20)32-16-23(30)28-14-18-10-12-31-13-11-18/h2-10H,11-16H2,1H3,(H,28,30). The van der Waals surface area contributed by atoms with Crippen LogP contribution < -0.4 is 10.1 Å². The number of nitrogens with zero attached hydrogens (tertiary/aromatic N) is 1. The van der Waals surface area contributed by atoms with E-state index < -0.39 is 11.7 Å². The normalized spacial score (nSPS) is 14.4. The van der Waals surface area contributed by atoms with Gasteiger partial charge in [0.15, 0.2) is 6.61 Å². The fraction of sp³-hybridized carbons (Fsp3) is 0.333. The number of benzene rings is 2. The Morgan fingerprint density at radius 2 is 1.85 bits per heavy atom. The number of oxime groups is 1. The molecule has 0 unspecified atom stereocenters. The van der Waals surface area contributed by atoms with Crippen molar-refractivity contribution in [2.75, 3.05) is 26.4 Å². The first-order chi connectivity index (χ1) is 15.8. The van der Waals surface area contributed by atoms with Crippen LogP contribution in [0.5, 0.6) is 5.75 Å². The van der Waals surface area contributed by atoms with Gasteiger partial charge in [0, 0.05) is 6.54 Å². The Kier molecular flexibility index (Phi) is 8.48. The Labute approximate surface area is 190 Å². The molecule has 9 heteroatoms. The van der Waals surface area contributed by atoms with E-state index in [1.807, 2.05) is 6.08 Å². The number of hydrogen-bond acceptors (Lipinski definition) is 5. The van der Waals surface area contributed by atoms with Crippen LogP contribution in [0.25, 0.3) is 0 Å². The van der Waals surface area contributed by atoms with Crippen molar-refractivity contribution in [2.45, 2.75) is 26.1 Å². The number of rotatable bonds is 9. The van der Waals surface area contributed by atoms with Crippen molar-refractivity contribution in [2.24, 2.45) is 5.16 Å². The molecule has 6 nitrogen and oxygen atoms in total. The van der Waals surface area contributed by atoms with E-state index >= 15 is 0 Å². The average Bonchev–Trinajstić information content (AvgIpc) is 2.82. The number of ether oxygens (including phenoxy) is 2. The summed E-state index contributed by atoms with van der Waals surface area (Å²) in [5, 5.41) is 6.83. The van der Waals surface area contributed by atoms with Crippen LogP contribution in [-0.4, -0.2) is 38.0 Å². The van der Waals surface area contributed by atoms with E-state index in [9.17, 15) is 18.0 Å². The molecular formula is C24H25F3N2O4. The van der Waals surface area contributed by atoms with Gasteiger partial charge in [0.05, 0.1) is 24.5 Å². The number of carbonyl (C=O) groups excluding carboxylic acids is 1. The van der Waals surface area contributed by atoms with E-state index in [0.717, 1.165) is 29.7 Å². The van der Waals surface area contributed by atoms with Gasteiger partial charge in [0.25, 0.3) is 5.91 Å². The summed E-state index contributed by atoms with van der Waals surface area (Å²) < 4.78 is 48.5. The zero-order valence-electron chi connectivity index (χ0n) is 18.2. The summed E-state index contributed by atoms with van der Waals surface area (Å²) in [7, 11) is 0. The second kappa shape index (κ2) is 11.5. The van der Waals surface area contributed by atoms with E-state index in [0.29, 0.717) is 36.8 Å². The van der Waals surface area contributed by atoms with E-state index in [-0.39, 0.29) is 19.1 Å². The van der Waals surface area contributed by atoms with Crippen molar-refractivity contribution in [1.29, 1.82) is 0 Å². The second-order valence-corrected chi connectivity index (χ2v) is 7.42. The number of nitrogens with one attached hydrogen (secondary N) is 1. The monoisotopic (exact) mass is 462 g/mol. The van der Waals surface area contributed by atoms with Crippen molar-refractivity contribution < 1.29 is 32.3 Å². The van der Waals surface area contributed by atoms with E-state index in [2.05, 4.69) is 10.5 Å². The Hall–Kier alpha value is -3.33. The minimum Gasteiger partial charge on any atom is -0.484 e. The van der Waals surface area contributed by atoms with Crippen LogP contribution >= 0.6 is 0 Å². The fourth-order valence-electron chi connectivity index (χ4n) is 2.98. The molecule has 0 radical (unpaired) electrons. The molecule has 1 aliphatic rings. The van der Waals surface area contributed by atoms with Crippen molar-refractivity contribution in [1.82, 2.24) is 5.32 Å². The summed E-state index contributed by atoms with van der Waals surface area (Å²) in [6, 6.07) is 11.7. The van der Waals surface area contributed by atoms with Gasteiger partial charge in [-0.1, -0.05) is 28.9 Å². The molecule has 0 spiro atoms. The molecule has 176 valence electrons. The van der Waals surface area contributed by atoms with Crippen LogP contribution in [0.3, 0.4) is 0 Å². The number of carbonyl (C=O) groups is 1. The predicted molar refractivity (Wildman–Crippen MR) is 117 cm³/mol. The maximum Gasteiger partial charge on any atom is 0.416 e. The third-order valence-electron chi connectivity index (χ3n) is 4.93. The van der Waals surface area contributed by atoms with Crippen LogP contribution in [-0.2, 0) is 27.2 Å². The predicted octanol–water partition coefficient (Wildman–Crippen LogP) is 4.49. The van der Waals surface area contributed by atoms with E-state index in [1.165, 1.54) is 12.1 Å². The van der Waals surface area contributed by atoms with Gasteiger partial charge in [-0.05, 0) is 60.9 Å². The summed E-state index contributed by atoms with van der Waals surface area (Å²) in [6.07, 6.45) is -1.57. The van der Waals surface area contributed by atoms with Gasteiger partial charge >= 0.3 is 6.18 Å². The number of alkyl halides is 3. The molecule has 0 saturated carbocycles. The molecule has 2 aromatic carbocycles. The van der Waals surface area contributed by atoms with Crippen LogP contribution in [0.2, 0.25) is 0 Å². The van der Waals surface area contributed by atoms with Crippen LogP contribution in [0, 0.1) is 0 Å². The van der Waals surface area contributed by atoms with Crippen molar-refractivity contribution in [3.63, 3.8) is 0 Å². The van der Waals surface area contributed by atoms with Gasteiger partial charge < -0.3 is 19.6 Å². The molecule has 0 aromatic heterocycles. The highest BCUT2D eigenvalue weighted by Crippen LogP contribution is 2.29. The zero-order chi connectivity index (χ0) is 23.7. The summed E-state index contributed by atoms with van der Waals surface area (Å²) >= 11 is 0. The highest BCUT2D eigenvalue weighted by atomic mass is 19.4. The molecule has 0 fully saturated rings. The summed E-state index contributed by atoms with van der Waals surface area (Å²) in [6.45, 7) is 3.46. The molecule has 1 heterocycles. The molecule has 0 saturated heterocycles. The molecule has 0 bridgehead atoms. The summed E-state index contributed by atoms with van der Waals surface area (Å²) in [4.78, 5) is 17.2. The van der Waals surface area contributed by atoms with Gasteiger partial charge in [-0.15, -0.1) is 0 Å². The van der Waals surface area contributed by atoms with Crippen molar-refractivity contribution >= 4 is 11.6 Å². The number of halogens is 3. The lowest BCUT2D eigenvalue weighted by Gasteiger charge is -2.14. The molecule has 2 aromatic rings. The molecule has 1 aliphatic heterocycles. The van der Waals surface area contributed by atoms with E-state index in [1.54, 1.807) is 31.2 Å². The Balaban J connectivity index is 1.42. The van der Waals surface area contributed by atoms with Crippen LogP contribution in [0.15, 0.2) is 65.3 Å². The largest absolute Gasteiger partial charge is 0.484 e. The summed E-state index contributed by atoms with van der Waals surface area (Å²) in [5.74, 6) is 0.332. The highest BCUT2D eigenvalue weighted by molar-refractivity contribution is 5.98. The molecule has 3 rings (SSSR count). The molecule has 0 aliphatic carbocycles. The maximum absolute atomic E-state index is 12.6. The van der Waals surface area contributed by atoms with E-state index in [4.69, 9.17) is 14.3 Å². The lowest BCUT2D eigenvalue weighted by molar-refractivity contribution is -0.137. The van der Waals surface area contributed by atoms with Gasteiger partial charge in [0.1, 0.15) is 12.4 Å². The molecular weight excluding hydrogens is 437 g/mol. The zero-order valence-corrected chi connectivity index (χ0v) is 18.2.